The second kappa shape index (κ2) is 9.96. The number of rotatable bonds is 6. The summed E-state index contributed by atoms with van der Waals surface area (Å²) in [6, 6.07) is 0. The van der Waals surface area contributed by atoms with Gasteiger partial charge in [-0.2, -0.15) is 0 Å². The van der Waals surface area contributed by atoms with Crippen LogP contribution in [0.3, 0.4) is 0 Å². The standard InChI is InChI=1S/C9H18N2O2.CH3Cl/c1-5-9(12)10-13-8-6-7-11(2,3)4;1-2/h5H,1,6-8H2,2-4H3;1H3/p+1. The van der Waals surface area contributed by atoms with Crippen molar-refractivity contribution in [2.75, 3.05) is 40.7 Å². The molecule has 0 spiro atoms. The van der Waals surface area contributed by atoms with E-state index >= 15 is 0 Å². The van der Waals surface area contributed by atoms with Crippen LogP contribution in [0.2, 0.25) is 0 Å². The van der Waals surface area contributed by atoms with Crippen molar-refractivity contribution in [1.82, 2.24) is 5.48 Å². The lowest BCUT2D eigenvalue weighted by Gasteiger charge is -2.23. The number of hydrogen-bond donors (Lipinski definition) is 1. The van der Waals surface area contributed by atoms with Crippen molar-refractivity contribution in [2.45, 2.75) is 6.42 Å². The second-order valence-electron chi connectivity index (χ2n) is 3.89. The molecule has 1 amide bonds. The van der Waals surface area contributed by atoms with Gasteiger partial charge in [-0.1, -0.05) is 6.58 Å². The molecule has 0 heterocycles. The number of alkyl halides is 1. The molecule has 0 aliphatic carbocycles. The highest BCUT2D eigenvalue weighted by molar-refractivity contribution is 6.15. The molecule has 0 bridgehead atoms. The first-order valence-corrected chi connectivity index (χ1v) is 5.44. The zero-order valence-corrected chi connectivity index (χ0v) is 10.8. The van der Waals surface area contributed by atoms with Gasteiger partial charge in [-0.05, 0) is 6.08 Å². The van der Waals surface area contributed by atoms with Crippen LogP contribution in [0, 0.1) is 0 Å². The highest BCUT2D eigenvalue weighted by Gasteiger charge is 2.05. The van der Waals surface area contributed by atoms with Crippen molar-refractivity contribution < 1.29 is 14.1 Å². The summed E-state index contributed by atoms with van der Waals surface area (Å²) in [6.07, 6.45) is 3.57. The van der Waals surface area contributed by atoms with Gasteiger partial charge in [0.1, 0.15) is 0 Å². The summed E-state index contributed by atoms with van der Waals surface area (Å²) in [5.74, 6) is -0.301. The summed E-state index contributed by atoms with van der Waals surface area (Å²) >= 11 is 4.64. The number of halogens is 1. The second-order valence-corrected chi connectivity index (χ2v) is 3.89. The van der Waals surface area contributed by atoms with Gasteiger partial charge in [0.15, 0.2) is 0 Å². The predicted octanol–water partition coefficient (Wildman–Crippen LogP) is 1.17. The van der Waals surface area contributed by atoms with E-state index in [1.165, 1.54) is 12.5 Å². The minimum Gasteiger partial charge on any atom is -0.331 e. The number of hydrogen-bond acceptors (Lipinski definition) is 2. The van der Waals surface area contributed by atoms with E-state index in [-0.39, 0.29) is 5.91 Å². The minimum atomic E-state index is -0.301. The Morgan fingerprint density at radius 2 is 2.00 bits per heavy atom. The number of quaternary nitrogens is 1. The zero-order valence-electron chi connectivity index (χ0n) is 10.0. The molecule has 15 heavy (non-hydrogen) atoms. The third kappa shape index (κ3) is 16.1. The Bertz CT molecular complexity index is 179. The molecule has 0 unspecified atom stereocenters. The Labute approximate surface area is 97.4 Å². The van der Waals surface area contributed by atoms with E-state index in [1.54, 1.807) is 0 Å². The van der Waals surface area contributed by atoms with Crippen LogP contribution in [-0.4, -0.2) is 51.1 Å². The summed E-state index contributed by atoms with van der Waals surface area (Å²) < 4.78 is 0.902. The fraction of sp³-hybridized carbons (Fsp3) is 0.700. The third-order valence-corrected chi connectivity index (χ3v) is 1.43. The van der Waals surface area contributed by atoms with Crippen LogP contribution >= 0.6 is 11.6 Å². The monoisotopic (exact) mass is 237 g/mol. The number of amides is 1. The maximum absolute atomic E-state index is 10.6. The Morgan fingerprint density at radius 1 is 1.47 bits per heavy atom. The fourth-order valence-corrected chi connectivity index (χ4v) is 0.775. The van der Waals surface area contributed by atoms with E-state index in [0.29, 0.717) is 6.61 Å². The molecule has 0 aliphatic heterocycles. The van der Waals surface area contributed by atoms with Crippen molar-refractivity contribution in [3.63, 3.8) is 0 Å². The summed E-state index contributed by atoms with van der Waals surface area (Å²) in [6.45, 7) is 4.86. The van der Waals surface area contributed by atoms with E-state index in [2.05, 4.69) is 44.8 Å². The molecule has 0 rings (SSSR count). The maximum Gasteiger partial charge on any atom is 0.266 e. The van der Waals surface area contributed by atoms with Gasteiger partial charge in [-0.15, -0.1) is 11.6 Å². The molecule has 0 aromatic rings. The van der Waals surface area contributed by atoms with Crippen LogP contribution < -0.4 is 5.48 Å². The topological polar surface area (TPSA) is 38.3 Å². The first kappa shape index (κ1) is 16.8. The van der Waals surface area contributed by atoms with Gasteiger partial charge < -0.3 is 4.48 Å². The van der Waals surface area contributed by atoms with Crippen molar-refractivity contribution in [1.29, 1.82) is 0 Å². The molecule has 1 N–H and O–H groups in total. The largest absolute Gasteiger partial charge is 0.331 e. The highest BCUT2D eigenvalue weighted by Crippen LogP contribution is 1.92. The molecular formula is C10H22ClN2O2+. The molecule has 0 saturated heterocycles. The van der Waals surface area contributed by atoms with Crippen LogP contribution in [0.25, 0.3) is 0 Å². The molecule has 90 valence electrons. The Morgan fingerprint density at radius 3 is 2.40 bits per heavy atom. The van der Waals surface area contributed by atoms with Crippen LogP contribution in [-0.2, 0) is 9.63 Å². The Hall–Kier alpha value is -0.580. The first-order valence-electron chi connectivity index (χ1n) is 4.68. The SMILES string of the molecule is C=CC(=O)NOCCC[N+](C)(C)C.CCl. The molecule has 0 aliphatic rings. The van der Waals surface area contributed by atoms with Gasteiger partial charge in [0.25, 0.3) is 5.91 Å². The lowest BCUT2D eigenvalue weighted by Crippen LogP contribution is -2.36. The number of carbonyl (C=O) groups excluding carboxylic acids is 1. The normalized spacial score (nSPS) is 9.93. The fourth-order valence-electron chi connectivity index (χ4n) is 0.775. The van der Waals surface area contributed by atoms with Gasteiger partial charge in [-0.25, -0.2) is 5.48 Å². The van der Waals surface area contributed by atoms with Gasteiger partial charge in [0.05, 0.1) is 34.3 Å². The predicted molar refractivity (Wildman–Crippen MR) is 63.6 cm³/mol. The van der Waals surface area contributed by atoms with Gasteiger partial charge in [0, 0.05) is 12.8 Å². The lowest BCUT2D eigenvalue weighted by atomic mass is 10.4. The zero-order chi connectivity index (χ0) is 12.3. The van der Waals surface area contributed by atoms with Crippen molar-refractivity contribution in [3.8, 4) is 0 Å². The lowest BCUT2D eigenvalue weighted by molar-refractivity contribution is -0.870. The van der Waals surface area contributed by atoms with Crippen molar-refractivity contribution >= 4 is 17.5 Å². The molecule has 0 radical (unpaired) electrons. The van der Waals surface area contributed by atoms with E-state index in [9.17, 15) is 4.79 Å². The molecule has 0 saturated carbocycles. The average Bonchev–Trinajstić information content (AvgIpc) is 2.18. The minimum absolute atomic E-state index is 0.301. The molecule has 0 atom stereocenters. The average molecular weight is 238 g/mol. The number of hydroxylamine groups is 1. The summed E-state index contributed by atoms with van der Waals surface area (Å²) in [4.78, 5) is 15.5. The Kier molecular flexibility index (Phi) is 11.2. The molecule has 0 aromatic carbocycles. The van der Waals surface area contributed by atoms with Crippen LogP contribution in [0.1, 0.15) is 6.42 Å². The van der Waals surface area contributed by atoms with E-state index in [4.69, 9.17) is 4.84 Å². The van der Waals surface area contributed by atoms with Gasteiger partial charge >= 0.3 is 0 Å². The van der Waals surface area contributed by atoms with Gasteiger partial charge in [0.2, 0.25) is 0 Å². The molecule has 4 nitrogen and oxygen atoms in total. The number of nitrogens with one attached hydrogen (secondary N) is 1. The summed E-state index contributed by atoms with van der Waals surface area (Å²) in [5.41, 5.74) is 2.25. The third-order valence-electron chi connectivity index (χ3n) is 1.43. The summed E-state index contributed by atoms with van der Waals surface area (Å²) in [5, 5.41) is 0. The smallest absolute Gasteiger partial charge is 0.266 e. The van der Waals surface area contributed by atoms with Crippen LogP contribution in [0.5, 0.6) is 0 Å². The molecule has 0 aromatic heterocycles. The quantitative estimate of drug-likeness (QED) is 0.248. The molecular weight excluding hydrogens is 216 g/mol. The number of carbonyl (C=O) groups is 1. The van der Waals surface area contributed by atoms with Gasteiger partial charge in [-0.3, -0.25) is 9.63 Å². The van der Waals surface area contributed by atoms with E-state index < -0.39 is 0 Å². The van der Waals surface area contributed by atoms with E-state index in [0.717, 1.165) is 17.4 Å². The first-order chi connectivity index (χ1) is 6.95. The molecule has 5 heteroatoms. The number of nitrogens with zero attached hydrogens (tertiary/aromatic N) is 1. The van der Waals surface area contributed by atoms with E-state index in [1.807, 2.05) is 0 Å². The summed E-state index contributed by atoms with van der Waals surface area (Å²) in [7, 11) is 6.34. The Balaban J connectivity index is 0. The van der Waals surface area contributed by atoms with Crippen molar-refractivity contribution in [2.24, 2.45) is 0 Å². The van der Waals surface area contributed by atoms with Crippen LogP contribution in [0.4, 0.5) is 0 Å². The van der Waals surface area contributed by atoms with Crippen molar-refractivity contribution in [3.05, 3.63) is 12.7 Å². The van der Waals surface area contributed by atoms with Crippen LogP contribution in [0.15, 0.2) is 12.7 Å². The molecule has 0 fully saturated rings. The highest BCUT2D eigenvalue weighted by atomic mass is 35.5. The maximum atomic E-state index is 10.6.